The van der Waals surface area contributed by atoms with Crippen LogP contribution in [0.5, 0.6) is 0 Å². The summed E-state index contributed by atoms with van der Waals surface area (Å²) in [6.07, 6.45) is 0.901. The van der Waals surface area contributed by atoms with Crippen LogP contribution in [-0.4, -0.2) is 24.0 Å². The van der Waals surface area contributed by atoms with Gasteiger partial charge in [-0.3, -0.25) is 14.9 Å². The fourth-order valence-corrected chi connectivity index (χ4v) is 0.916. The van der Waals surface area contributed by atoms with E-state index in [0.29, 0.717) is 12.8 Å². The molecule has 0 aromatic rings. The Kier molecular flexibility index (Phi) is 5.03. The molecule has 0 rings (SSSR count). The second-order valence-corrected chi connectivity index (χ2v) is 3.14. The first-order chi connectivity index (χ1) is 5.99. The Bertz CT molecular complexity index is 193. The number of carbonyl (C=O) groups is 1. The number of hydrogen-bond donors (Lipinski definition) is 0. The monoisotopic (exact) mass is 189 g/mol. The quantitative estimate of drug-likeness (QED) is 0.370. The van der Waals surface area contributed by atoms with Gasteiger partial charge in [-0.2, -0.15) is 0 Å². The van der Waals surface area contributed by atoms with Crippen molar-refractivity contribution >= 4 is 5.97 Å². The van der Waals surface area contributed by atoms with Crippen molar-refractivity contribution < 1.29 is 14.5 Å². The number of nitrogens with zero attached hydrogens (tertiary/aromatic N) is 1. The molecule has 0 saturated carbocycles. The molecule has 0 aliphatic rings. The second kappa shape index (κ2) is 5.50. The maximum Gasteiger partial charge on any atom is 0.308 e. The van der Waals surface area contributed by atoms with Gasteiger partial charge in [0.15, 0.2) is 0 Å². The van der Waals surface area contributed by atoms with Crippen molar-refractivity contribution in [2.75, 3.05) is 7.11 Å². The van der Waals surface area contributed by atoms with Crippen molar-refractivity contribution in [3.8, 4) is 0 Å². The molecule has 2 atom stereocenters. The van der Waals surface area contributed by atoms with Gasteiger partial charge in [0, 0.05) is 18.3 Å². The van der Waals surface area contributed by atoms with Gasteiger partial charge < -0.3 is 4.74 Å². The van der Waals surface area contributed by atoms with E-state index in [4.69, 9.17) is 0 Å². The average molecular weight is 189 g/mol. The maximum absolute atomic E-state index is 10.9. The predicted molar refractivity (Wildman–Crippen MR) is 46.9 cm³/mol. The number of nitro groups is 1. The molecular weight excluding hydrogens is 174 g/mol. The molecule has 0 aromatic heterocycles. The molecule has 0 bridgehead atoms. The van der Waals surface area contributed by atoms with Crippen molar-refractivity contribution in [3.63, 3.8) is 0 Å². The van der Waals surface area contributed by atoms with Crippen LogP contribution in [0.1, 0.15) is 26.7 Å². The largest absolute Gasteiger partial charge is 0.469 e. The van der Waals surface area contributed by atoms with E-state index in [1.165, 1.54) is 14.0 Å². The minimum absolute atomic E-state index is 0.257. The number of ether oxygens (including phenoxy) is 1. The first-order valence-corrected chi connectivity index (χ1v) is 4.20. The van der Waals surface area contributed by atoms with Gasteiger partial charge in [0.1, 0.15) is 0 Å². The molecule has 0 aliphatic heterocycles. The third kappa shape index (κ3) is 4.45. The molecule has 0 aliphatic carbocycles. The first-order valence-electron chi connectivity index (χ1n) is 4.20. The smallest absolute Gasteiger partial charge is 0.308 e. The minimum atomic E-state index is -0.591. The summed E-state index contributed by atoms with van der Waals surface area (Å²) in [6, 6.07) is -0.591. The Labute approximate surface area is 77.2 Å². The summed E-state index contributed by atoms with van der Waals surface area (Å²) in [7, 11) is 1.32. The first kappa shape index (κ1) is 11.9. The van der Waals surface area contributed by atoms with Crippen LogP contribution < -0.4 is 0 Å². The summed E-state index contributed by atoms with van der Waals surface area (Å²) in [5.41, 5.74) is 0. The minimum Gasteiger partial charge on any atom is -0.469 e. The molecule has 0 unspecified atom stereocenters. The van der Waals surface area contributed by atoms with E-state index in [2.05, 4.69) is 4.74 Å². The van der Waals surface area contributed by atoms with Crippen molar-refractivity contribution in [3.05, 3.63) is 10.1 Å². The van der Waals surface area contributed by atoms with Crippen LogP contribution >= 0.6 is 0 Å². The topological polar surface area (TPSA) is 69.4 Å². The zero-order valence-electron chi connectivity index (χ0n) is 8.15. The van der Waals surface area contributed by atoms with Gasteiger partial charge >= 0.3 is 5.97 Å². The standard InChI is InChI=1S/C8H15NO4/c1-6(8(10)13-3)4-5-7(2)9(11)12/h6-7H,4-5H2,1-3H3/t6-,7+/m0/s1. The zero-order chi connectivity index (χ0) is 10.4. The van der Waals surface area contributed by atoms with E-state index in [-0.39, 0.29) is 16.8 Å². The fourth-order valence-electron chi connectivity index (χ4n) is 0.916. The van der Waals surface area contributed by atoms with Crippen molar-refractivity contribution in [2.45, 2.75) is 32.7 Å². The van der Waals surface area contributed by atoms with Crippen molar-refractivity contribution in [2.24, 2.45) is 5.92 Å². The van der Waals surface area contributed by atoms with Crippen LogP contribution in [-0.2, 0) is 9.53 Å². The Morgan fingerprint density at radius 1 is 1.46 bits per heavy atom. The van der Waals surface area contributed by atoms with E-state index in [9.17, 15) is 14.9 Å². The van der Waals surface area contributed by atoms with Crippen molar-refractivity contribution in [1.29, 1.82) is 0 Å². The lowest BCUT2D eigenvalue weighted by Crippen LogP contribution is -2.19. The van der Waals surface area contributed by atoms with E-state index in [0.717, 1.165) is 0 Å². The molecule has 0 aromatic carbocycles. The number of methoxy groups -OCH3 is 1. The lowest BCUT2D eigenvalue weighted by molar-refractivity contribution is -0.519. The van der Waals surface area contributed by atoms with Gasteiger partial charge in [-0.25, -0.2) is 0 Å². The highest BCUT2D eigenvalue weighted by molar-refractivity contribution is 5.71. The van der Waals surface area contributed by atoms with Gasteiger partial charge in [0.2, 0.25) is 6.04 Å². The van der Waals surface area contributed by atoms with E-state index in [1.807, 2.05) is 0 Å². The van der Waals surface area contributed by atoms with Crippen LogP contribution in [0.15, 0.2) is 0 Å². The predicted octanol–water partition coefficient (Wildman–Crippen LogP) is 1.24. The third-order valence-corrected chi connectivity index (χ3v) is 1.98. The van der Waals surface area contributed by atoms with Crippen LogP contribution in [0.3, 0.4) is 0 Å². The van der Waals surface area contributed by atoms with Gasteiger partial charge in [-0.15, -0.1) is 0 Å². The Morgan fingerprint density at radius 2 is 2.00 bits per heavy atom. The number of hydrogen-bond acceptors (Lipinski definition) is 4. The summed E-state index contributed by atoms with van der Waals surface area (Å²) in [5, 5.41) is 10.2. The molecular formula is C8H15NO4. The number of esters is 1. The molecule has 13 heavy (non-hydrogen) atoms. The van der Waals surface area contributed by atoms with Crippen LogP contribution in [0.4, 0.5) is 0 Å². The van der Waals surface area contributed by atoms with Gasteiger partial charge in [0.25, 0.3) is 0 Å². The molecule has 76 valence electrons. The summed E-state index contributed by atoms with van der Waals surface area (Å²) >= 11 is 0. The van der Waals surface area contributed by atoms with Gasteiger partial charge in [-0.1, -0.05) is 6.92 Å². The zero-order valence-corrected chi connectivity index (χ0v) is 8.15. The Balaban J connectivity index is 3.76. The molecule has 5 heteroatoms. The van der Waals surface area contributed by atoms with E-state index < -0.39 is 6.04 Å². The molecule has 5 nitrogen and oxygen atoms in total. The second-order valence-electron chi connectivity index (χ2n) is 3.14. The fraction of sp³-hybridized carbons (Fsp3) is 0.875. The molecule has 0 spiro atoms. The summed E-state index contributed by atoms with van der Waals surface area (Å²) in [5.74, 6) is -0.567. The highest BCUT2D eigenvalue weighted by Gasteiger charge is 2.18. The third-order valence-electron chi connectivity index (χ3n) is 1.98. The van der Waals surface area contributed by atoms with Crippen LogP contribution in [0.2, 0.25) is 0 Å². The Hall–Kier alpha value is -1.13. The highest BCUT2D eigenvalue weighted by atomic mass is 16.6. The number of rotatable bonds is 5. The normalized spacial score (nSPS) is 14.7. The van der Waals surface area contributed by atoms with Crippen LogP contribution in [0, 0.1) is 16.0 Å². The molecule has 0 N–H and O–H groups in total. The SMILES string of the molecule is COC(=O)[C@@H](C)CC[C@@H](C)[N+](=O)[O-]. The number of carbonyl (C=O) groups excluding carboxylic acids is 1. The molecule has 0 radical (unpaired) electrons. The summed E-state index contributed by atoms with van der Waals surface area (Å²) in [4.78, 5) is 20.8. The summed E-state index contributed by atoms with van der Waals surface area (Å²) < 4.78 is 4.50. The average Bonchev–Trinajstić information content (AvgIpc) is 2.11. The van der Waals surface area contributed by atoms with Gasteiger partial charge in [-0.05, 0) is 6.42 Å². The van der Waals surface area contributed by atoms with Crippen LogP contribution in [0.25, 0.3) is 0 Å². The molecule has 0 fully saturated rings. The van der Waals surface area contributed by atoms with E-state index in [1.54, 1.807) is 6.92 Å². The van der Waals surface area contributed by atoms with E-state index >= 15 is 0 Å². The Morgan fingerprint density at radius 3 is 2.38 bits per heavy atom. The van der Waals surface area contributed by atoms with Gasteiger partial charge in [0.05, 0.1) is 13.0 Å². The molecule has 0 saturated heterocycles. The summed E-state index contributed by atoms with van der Waals surface area (Å²) in [6.45, 7) is 3.24. The lowest BCUT2D eigenvalue weighted by Gasteiger charge is -2.08. The molecule has 0 amide bonds. The maximum atomic E-state index is 10.9. The highest BCUT2D eigenvalue weighted by Crippen LogP contribution is 2.10. The lowest BCUT2D eigenvalue weighted by atomic mass is 10.0. The molecule has 0 heterocycles. The van der Waals surface area contributed by atoms with Crippen molar-refractivity contribution in [1.82, 2.24) is 0 Å².